The first kappa shape index (κ1) is 10.4. The molecule has 0 aromatic carbocycles. The molecule has 0 radical (unpaired) electrons. The topological polar surface area (TPSA) is 80.8 Å². The van der Waals surface area contributed by atoms with Crippen LogP contribution in [0.15, 0.2) is 0 Å². The second-order valence-corrected chi connectivity index (χ2v) is 5.06. The highest BCUT2D eigenvalue weighted by Crippen LogP contribution is 2.52. The smallest absolute Gasteiger partial charge is 0.195 e. The maximum atomic E-state index is 11.5. The van der Waals surface area contributed by atoms with Gasteiger partial charge in [-0.15, -0.1) is 0 Å². The molecule has 1 aliphatic carbocycles. The molecule has 4 fully saturated rings. The van der Waals surface area contributed by atoms with Crippen molar-refractivity contribution in [3.63, 3.8) is 0 Å². The van der Waals surface area contributed by atoms with Gasteiger partial charge in [-0.25, -0.2) is 0 Å². The highest BCUT2D eigenvalue weighted by atomic mass is 16.7. The van der Waals surface area contributed by atoms with Gasteiger partial charge in [0, 0.05) is 6.42 Å². The number of aliphatic hydroxyl groups is 1. The highest BCUT2D eigenvalue weighted by molar-refractivity contribution is 5.94. The molecule has 3 heterocycles. The lowest BCUT2D eigenvalue weighted by atomic mass is 9.81. The van der Waals surface area contributed by atoms with E-state index < -0.39 is 17.8 Å². The fourth-order valence-electron chi connectivity index (χ4n) is 2.95. The number of ether oxygens (including phenoxy) is 4. The van der Waals surface area contributed by atoms with Crippen molar-refractivity contribution in [1.82, 2.24) is 0 Å². The van der Waals surface area contributed by atoms with Gasteiger partial charge in [0.2, 0.25) is 0 Å². The van der Waals surface area contributed by atoms with E-state index in [0.717, 1.165) is 0 Å². The minimum atomic E-state index is -1.04. The number of carbonyl (C=O) groups is 1. The summed E-state index contributed by atoms with van der Waals surface area (Å²) < 4.78 is 21.2. The average Bonchev–Trinajstić information content (AvgIpc) is 3.21. The standard InChI is InChI=1S/C11H14O6/c12-6-7-9(16-7)11(13,10-8(6)17-10)2-1-5-14-3-4-15-5/h5,7-10,13H,1-4H2/t7-,8+,9-,10+,11?. The molecule has 0 aromatic rings. The van der Waals surface area contributed by atoms with Crippen molar-refractivity contribution in [1.29, 1.82) is 0 Å². The lowest BCUT2D eigenvalue weighted by Crippen LogP contribution is -2.49. The number of fused-ring (bicyclic) bond motifs is 2. The molecule has 1 unspecified atom stereocenters. The zero-order valence-electron chi connectivity index (χ0n) is 9.20. The molecule has 4 aliphatic rings. The Morgan fingerprint density at radius 3 is 2.35 bits per heavy atom. The summed E-state index contributed by atoms with van der Waals surface area (Å²) in [6.45, 7) is 1.21. The van der Waals surface area contributed by atoms with Crippen LogP contribution < -0.4 is 0 Å². The van der Waals surface area contributed by atoms with Crippen LogP contribution in [0.1, 0.15) is 12.8 Å². The summed E-state index contributed by atoms with van der Waals surface area (Å²) in [5.41, 5.74) is -1.04. The maximum absolute atomic E-state index is 11.5. The van der Waals surface area contributed by atoms with Crippen LogP contribution >= 0.6 is 0 Å². The van der Waals surface area contributed by atoms with Gasteiger partial charge in [-0.3, -0.25) is 4.79 Å². The monoisotopic (exact) mass is 242 g/mol. The van der Waals surface area contributed by atoms with Crippen LogP contribution in [-0.2, 0) is 23.7 Å². The summed E-state index contributed by atoms with van der Waals surface area (Å²) in [5.74, 6) is -0.0157. The molecule has 0 aromatic heterocycles. The van der Waals surface area contributed by atoms with Gasteiger partial charge in [-0.1, -0.05) is 0 Å². The first-order valence-corrected chi connectivity index (χ1v) is 6.00. The molecule has 6 nitrogen and oxygen atoms in total. The number of carbonyl (C=O) groups excluding carboxylic acids is 1. The lowest BCUT2D eigenvalue weighted by Gasteiger charge is -2.27. The van der Waals surface area contributed by atoms with Crippen molar-refractivity contribution < 1.29 is 28.8 Å². The van der Waals surface area contributed by atoms with Gasteiger partial charge in [0.15, 0.2) is 12.1 Å². The van der Waals surface area contributed by atoms with Crippen LogP contribution in [0, 0.1) is 0 Å². The molecule has 6 heteroatoms. The Morgan fingerprint density at radius 1 is 1.18 bits per heavy atom. The van der Waals surface area contributed by atoms with E-state index in [1.807, 2.05) is 0 Å². The van der Waals surface area contributed by atoms with E-state index in [1.54, 1.807) is 0 Å². The number of hydrogen-bond donors (Lipinski definition) is 1. The van der Waals surface area contributed by atoms with Crippen LogP contribution in [0.3, 0.4) is 0 Å². The first-order chi connectivity index (χ1) is 8.20. The highest BCUT2D eigenvalue weighted by Gasteiger charge is 2.75. The summed E-state index contributed by atoms with van der Waals surface area (Å²) in [6.07, 6.45) is -0.841. The predicted octanol–water partition coefficient (Wildman–Crippen LogP) is -1.01. The Labute approximate surface area is 97.8 Å². The molecule has 0 amide bonds. The van der Waals surface area contributed by atoms with Crippen LogP contribution in [0.25, 0.3) is 0 Å². The molecule has 1 N–H and O–H groups in total. The zero-order chi connectivity index (χ0) is 11.6. The largest absolute Gasteiger partial charge is 0.384 e. The van der Waals surface area contributed by atoms with E-state index in [1.165, 1.54) is 0 Å². The quantitative estimate of drug-likeness (QED) is 0.638. The molecule has 4 rings (SSSR count). The number of Topliss-reactive ketones (excluding diaryl/α,β-unsaturated/α-hetero) is 1. The summed E-state index contributed by atoms with van der Waals surface area (Å²) in [6, 6.07) is 0. The first-order valence-electron chi connectivity index (χ1n) is 6.00. The fraction of sp³-hybridized carbons (Fsp3) is 0.909. The Kier molecular flexibility index (Phi) is 2.00. The number of ketones is 1. The van der Waals surface area contributed by atoms with Gasteiger partial charge in [0.1, 0.15) is 30.0 Å². The van der Waals surface area contributed by atoms with E-state index in [9.17, 15) is 9.90 Å². The van der Waals surface area contributed by atoms with Crippen molar-refractivity contribution in [2.75, 3.05) is 13.2 Å². The van der Waals surface area contributed by atoms with Crippen LogP contribution in [-0.4, -0.2) is 60.4 Å². The third kappa shape index (κ3) is 1.42. The molecule has 3 saturated heterocycles. The predicted molar refractivity (Wildman–Crippen MR) is 52.2 cm³/mol. The molecule has 1 saturated carbocycles. The summed E-state index contributed by atoms with van der Waals surface area (Å²) in [7, 11) is 0. The lowest BCUT2D eigenvalue weighted by molar-refractivity contribution is -0.122. The van der Waals surface area contributed by atoms with E-state index in [-0.39, 0.29) is 24.3 Å². The molecule has 0 spiro atoms. The Bertz CT molecular complexity index is 343. The molecule has 94 valence electrons. The third-order valence-corrected chi connectivity index (χ3v) is 4.00. The summed E-state index contributed by atoms with van der Waals surface area (Å²) >= 11 is 0. The van der Waals surface area contributed by atoms with E-state index in [4.69, 9.17) is 18.9 Å². The van der Waals surface area contributed by atoms with E-state index in [2.05, 4.69) is 0 Å². The minimum absolute atomic E-state index is 0.0157. The van der Waals surface area contributed by atoms with Gasteiger partial charge in [0.05, 0.1) is 13.2 Å². The minimum Gasteiger partial charge on any atom is -0.384 e. The summed E-state index contributed by atoms with van der Waals surface area (Å²) in [4.78, 5) is 11.5. The number of rotatable bonds is 3. The van der Waals surface area contributed by atoms with Gasteiger partial charge < -0.3 is 24.1 Å². The summed E-state index contributed by atoms with van der Waals surface area (Å²) in [5, 5.41) is 10.6. The Morgan fingerprint density at radius 2 is 1.76 bits per heavy atom. The molecule has 0 bridgehead atoms. The Balaban J connectivity index is 1.44. The van der Waals surface area contributed by atoms with Crippen molar-refractivity contribution in [2.45, 2.75) is 49.1 Å². The van der Waals surface area contributed by atoms with Crippen LogP contribution in [0.4, 0.5) is 0 Å². The van der Waals surface area contributed by atoms with Crippen LogP contribution in [0.5, 0.6) is 0 Å². The normalized spacial score (nSPS) is 52.2. The fourth-order valence-corrected chi connectivity index (χ4v) is 2.95. The van der Waals surface area contributed by atoms with Crippen molar-refractivity contribution in [2.24, 2.45) is 0 Å². The number of epoxide rings is 2. The molecule has 5 atom stereocenters. The van der Waals surface area contributed by atoms with Crippen molar-refractivity contribution in [3.05, 3.63) is 0 Å². The van der Waals surface area contributed by atoms with Gasteiger partial charge in [-0.05, 0) is 6.42 Å². The number of hydrogen-bond acceptors (Lipinski definition) is 6. The van der Waals surface area contributed by atoms with Gasteiger partial charge in [0.25, 0.3) is 0 Å². The maximum Gasteiger partial charge on any atom is 0.195 e. The van der Waals surface area contributed by atoms with Crippen molar-refractivity contribution >= 4 is 5.78 Å². The van der Waals surface area contributed by atoms with Crippen molar-refractivity contribution in [3.8, 4) is 0 Å². The second kappa shape index (κ2) is 3.27. The van der Waals surface area contributed by atoms with E-state index in [0.29, 0.717) is 26.1 Å². The molecular formula is C11H14O6. The molecular weight excluding hydrogens is 228 g/mol. The Hall–Kier alpha value is -0.530. The zero-order valence-corrected chi connectivity index (χ0v) is 9.20. The van der Waals surface area contributed by atoms with Crippen LogP contribution in [0.2, 0.25) is 0 Å². The van der Waals surface area contributed by atoms with Gasteiger partial charge >= 0.3 is 0 Å². The SMILES string of the molecule is O=C1[C@H]2O[C@H]2C(O)(CCC2OCCO2)[C@H]2O[C@@H]12. The second-order valence-electron chi connectivity index (χ2n) is 5.06. The average molecular weight is 242 g/mol. The van der Waals surface area contributed by atoms with E-state index >= 15 is 0 Å². The van der Waals surface area contributed by atoms with Gasteiger partial charge in [-0.2, -0.15) is 0 Å². The molecule has 3 aliphatic heterocycles. The third-order valence-electron chi connectivity index (χ3n) is 4.00. The molecule has 17 heavy (non-hydrogen) atoms.